The Kier molecular flexibility index (Phi) is 10.1. The number of rotatable bonds is 11. The summed E-state index contributed by atoms with van der Waals surface area (Å²) in [6.45, 7) is 7.67. The van der Waals surface area contributed by atoms with E-state index in [4.69, 9.17) is 30.5 Å². The Morgan fingerprint density at radius 1 is 0.810 bits per heavy atom. The molecular weight excluding hydrogens is 556 g/mol. The van der Waals surface area contributed by atoms with Crippen LogP contribution >= 0.6 is 11.6 Å². The molecule has 0 amide bonds. The van der Waals surface area contributed by atoms with E-state index in [0.29, 0.717) is 40.9 Å². The SMILES string of the molecule is C=CC(=O)OCCCOc1ccc2cc(C(=O)Oc3ccc(/C=C/C(=O)Oc4cc(C)cc(Cl)c4)cc3C)ccc2c1. The number of halogens is 1. The van der Waals surface area contributed by atoms with Gasteiger partial charge >= 0.3 is 17.9 Å². The maximum atomic E-state index is 12.9. The monoisotopic (exact) mass is 584 g/mol. The van der Waals surface area contributed by atoms with Crippen molar-refractivity contribution in [3.05, 3.63) is 119 Å². The normalized spacial score (nSPS) is 10.8. The smallest absolute Gasteiger partial charge is 0.343 e. The van der Waals surface area contributed by atoms with Gasteiger partial charge in [0, 0.05) is 23.6 Å². The zero-order chi connectivity index (χ0) is 30.1. The van der Waals surface area contributed by atoms with Crippen molar-refractivity contribution in [2.24, 2.45) is 0 Å². The number of fused-ring (bicyclic) bond motifs is 1. The fraction of sp³-hybridized carbons (Fsp3) is 0.147. The number of esters is 3. The Morgan fingerprint density at radius 2 is 1.60 bits per heavy atom. The Hall–Kier alpha value is -4.88. The zero-order valence-electron chi connectivity index (χ0n) is 23.2. The fourth-order valence-electron chi connectivity index (χ4n) is 4.05. The molecule has 0 heterocycles. The number of carbonyl (C=O) groups is 3. The molecule has 0 aliphatic rings. The molecule has 0 aliphatic heterocycles. The molecule has 42 heavy (non-hydrogen) atoms. The summed E-state index contributed by atoms with van der Waals surface area (Å²) in [5, 5.41) is 2.25. The summed E-state index contributed by atoms with van der Waals surface area (Å²) in [4.78, 5) is 36.2. The molecule has 4 aromatic rings. The van der Waals surface area contributed by atoms with Gasteiger partial charge in [-0.1, -0.05) is 36.4 Å². The van der Waals surface area contributed by atoms with Crippen LogP contribution in [0.2, 0.25) is 5.02 Å². The molecule has 0 aromatic heterocycles. The highest BCUT2D eigenvalue weighted by atomic mass is 35.5. The minimum absolute atomic E-state index is 0.252. The summed E-state index contributed by atoms with van der Waals surface area (Å²) in [6, 6.07) is 21.1. The molecule has 0 fully saturated rings. The predicted molar refractivity (Wildman–Crippen MR) is 162 cm³/mol. The van der Waals surface area contributed by atoms with Crippen LogP contribution in [-0.4, -0.2) is 31.1 Å². The third-order valence-corrected chi connectivity index (χ3v) is 6.28. The Labute approximate surface area is 248 Å². The van der Waals surface area contributed by atoms with Crippen molar-refractivity contribution >= 4 is 46.4 Å². The second-order valence-corrected chi connectivity index (χ2v) is 9.87. The molecule has 214 valence electrons. The summed E-state index contributed by atoms with van der Waals surface area (Å²) in [5.74, 6) is -0.0256. The summed E-state index contributed by atoms with van der Waals surface area (Å²) >= 11 is 6.02. The summed E-state index contributed by atoms with van der Waals surface area (Å²) in [5.41, 5.74) is 2.76. The molecule has 8 heteroatoms. The van der Waals surface area contributed by atoms with E-state index in [2.05, 4.69) is 6.58 Å². The van der Waals surface area contributed by atoms with Gasteiger partial charge in [-0.15, -0.1) is 0 Å². The Balaban J connectivity index is 1.33. The van der Waals surface area contributed by atoms with Crippen LogP contribution in [0, 0.1) is 13.8 Å². The Bertz CT molecular complexity index is 1650. The maximum absolute atomic E-state index is 12.9. The lowest BCUT2D eigenvalue weighted by molar-refractivity contribution is -0.138. The first kappa shape index (κ1) is 30.1. The highest BCUT2D eigenvalue weighted by Gasteiger charge is 2.12. The predicted octanol–water partition coefficient (Wildman–Crippen LogP) is 7.45. The molecule has 0 aliphatic carbocycles. The van der Waals surface area contributed by atoms with Gasteiger partial charge < -0.3 is 18.9 Å². The van der Waals surface area contributed by atoms with E-state index in [-0.39, 0.29) is 6.61 Å². The van der Waals surface area contributed by atoms with Gasteiger partial charge in [0.15, 0.2) is 0 Å². The highest BCUT2D eigenvalue weighted by molar-refractivity contribution is 6.30. The highest BCUT2D eigenvalue weighted by Crippen LogP contribution is 2.25. The van der Waals surface area contributed by atoms with Crippen LogP contribution < -0.4 is 14.2 Å². The van der Waals surface area contributed by atoms with E-state index in [1.165, 1.54) is 6.08 Å². The molecule has 0 radical (unpaired) electrons. The second-order valence-electron chi connectivity index (χ2n) is 9.43. The van der Waals surface area contributed by atoms with Crippen LogP contribution in [-0.2, 0) is 14.3 Å². The lowest BCUT2D eigenvalue weighted by Gasteiger charge is -2.10. The first-order valence-corrected chi connectivity index (χ1v) is 13.5. The third-order valence-electron chi connectivity index (χ3n) is 6.06. The fourth-order valence-corrected chi connectivity index (χ4v) is 4.33. The number of hydrogen-bond donors (Lipinski definition) is 0. The van der Waals surface area contributed by atoms with Gasteiger partial charge in [-0.2, -0.15) is 0 Å². The average Bonchev–Trinajstić information content (AvgIpc) is 2.96. The van der Waals surface area contributed by atoms with Crippen LogP contribution in [0.4, 0.5) is 0 Å². The number of benzene rings is 4. The third kappa shape index (κ3) is 8.56. The van der Waals surface area contributed by atoms with Crippen molar-refractivity contribution in [1.29, 1.82) is 0 Å². The summed E-state index contributed by atoms with van der Waals surface area (Å²) in [6.07, 6.45) is 4.62. The topological polar surface area (TPSA) is 88.1 Å². The van der Waals surface area contributed by atoms with E-state index >= 15 is 0 Å². The van der Waals surface area contributed by atoms with Crippen LogP contribution in [0.25, 0.3) is 16.8 Å². The molecule has 0 N–H and O–H groups in total. The summed E-state index contributed by atoms with van der Waals surface area (Å²) in [7, 11) is 0. The number of ether oxygens (including phenoxy) is 4. The lowest BCUT2D eigenvalue weighted by Crippen LogP contribution is -2.09. The minimum atomic E-state index is -0.536. The van der Waals surface area contributed by atoms with E-state index in [1.54, 1.807) is 54.6 Å². The van der Waals surface area contributed by atoms with Gasteiger partial charge in [0.1, 0.15) is 17.2 Å². The van der Waals surface area contributed by atoms with Crippen molar-refractivity contribution < 1.29 is 33.3 Å². The standard InChI is InChI=1S/C34H29ClO7/c1-4-32(36)40-15-5-14-39-29-11-10-25-19-27(9-8-26(25)20-29)34(38)42-31-12-6-24(18-23(31)3)7-13-33(37)41-30-17-22(2)16-28(35)21-30/h4,6-13,16-21H,1,5,14-15H2,2-3H3/b13-7+. The van der Waals surface area contributed by atoms with Crippen molar-refractivity contribution in [2.75, 3.05) is 13.2 Å². The summed E-state index contributed by atoms with van der Waals surface area (Å²) < 4.78 is 21.6. The molecule has 0 bridgehead atoms. The largest absolute Gasteiger partial charge is 0.493 e. The molecule has 0 saturated heterocycles. The molecule has 0 saturated carbocycles. The first-order chi connectivity index (χ1) is 20.2. The van der Waals surface area contributed by atoms with Gasteiger partial charge in [0.2, 0.25) is 0 Å². The molecule has 0 atom stereocenters. The number of carbonyl (C=O) groups excluding carboxylic acids is 3. The average molecular weight is 585 g/mol. The van der Waals surface area contributed by atoms with E-state index in [0.717, 1.165) is 33.5 Å². The van der Waals surface area contributed by atoms with E-state index < -0.39 is 17.9 Å². The van der Waals surface area contributed by atoms with E-state index in [1.807, 2.05) is 38.1 Å². The lowest BCUT2D eigenvalue weighted by atomic mass is 10.1. The van der Waals surface area contributed by atoms with Gasteiger partial charge in [-0.05, 0) is 102 Å². The zero-order valence-corrected chi connectivity index (χ0v) is 24.0. The van der Waals surface area contributed by atoms with Crippen LogP contribution in [0.15, 0.2) is 91.5 Å². The first-order valence-electron chi connectivity index (χ1n) is 13.2. The Morgan fingerprint density at radius 3 is 2.36 bits per heavy atom. The molecular formula is C34H29ClO7. The van der Waals surface area contributed by atoms with Crippen molar-refractivity contribution in [2.45, 2.75) is 20.3 Å². The molecule has 7 nitrogen and oxygen atoms in total. The molecule has 4 aromatic carbocycles. The van der Waals surface area contributed by atoms with Gasteiger partial charge in [-0.25, -0.2) is 14.4 Å². The van der Waals surface area contributed by atoms with Crippen molar-refractivity contribution in [3.63, 3.8) is 0 Å². The van der Waals surface area contributed by atoms with Crippen LogP contribution in [0.3, 0.4) is 0 Å². The van der Waals surface area contributed by atoms with E-state index in [9.17, 15) is 14.4 Å². The molecule has 4 rings (SSSR count). The van der Waals surface area contributed by atoms with Crippen molar-refractivity contribution in [3.8, 4) is 17.2 Å². The number of aryl methyl sites for hydroxylation is 2. The van der Waals surface area contributed by atoms with Gasteiger partial charge in [0.25, 0.3) is 0 Å². The maximum Gasteiger partial charge on any atom is 0.343 e. The van der Waals surface area contributed by atoms with Crippen LogP contribution in [0.5, 0.6) is 17.2 Å². The van der Waals surface area contributed by atoms with Crippen molar-refractivity contribution in [1.82, 2.24) is 0 Å². The van der Waals surface area contributed by atoms with Crippen LogP contribution in [0.1, 0.15) is 33.5 Å². The molecule has 0 unspecified atom stereocenters. The number of hydrogen-bond acceptors (Lipinski definition) is 7. The van der Waals surface area contributed by atoms with Gasteiger partial charge in [-0.3, -0.25) is 0 Å². The second kappa shape index (κ2) is 14.1. The molecule has 0 spiro atoms. The minimum Gasteiger partial charge on any atom is -0.493 e. The van der Waals surface area contributed by atoms with Gasteiger partial charge in [0.05, 0.1) is 18.8 Å². The quantitative estimate of drug-likeness (QED) is 0.0783.